The maximum Gasteiger partial charge on any atom is 0.270 e. The van der Waals surface area contributed by atoms with E-state index in [1.807, 2.05) is 24.3 Å². The highest BCUT2D eigenvalue weighted by molar-refractivity contribution is 5.98. The van der Waals surface area contributed by atoms with Gasteiger partial charge in [-0.1, -0.05) is 18.2 Å². The molecule has 9 nitrogen and oxygen atoms in total. The number of rotatable bonds is 8. The fraction of sp³-hybridized carbons (Fsp3) is 0.538. The van der Waals surface area contributed by atoms with Gasteiger partial charge in [-0.2, -0.15) is 0 Å². The highest BCUT2D eigenvalue weighted by Crippen LogP contribution is 2.61. The van der Waals surface area contributed by atoms with Crippen LogP contribution in [-0.2, 0) is 10.2 Å². The number of carbonyl (C=O) groups excluding carboxylic acids is 2. The number of amides is 2. The van der Waals surface area contributed by atoms with Crippen LogP contribution in [0.25, 0.3) is 10.9 Å². The van der Waals surface area contributed by atoms with Crippen LogP contribution in [0.3, 0.4) is 0 Å². The number of hydrogen-bond acceptors (Lipinski definition) is 5. The molecule has 1 atom stereocenters. The van der Waals surface area contributed by atoms with Crippen LogP contribution in [0.15, 0.2) is 35.3 Å². The van der Waals surface area contributed by atoms with E-state index in [1.54, 1.807) is 0 Å². The highest BCUT2D eigenvalue weighted by atomic mass is 16.2. The number of guanidine groups is 1. The van der Waals surface area contributed by atoms with Crippen molar-refractivity contribution in [3.63, 3.8) is 0 Å². The van der Waals surface area contributed by atoms with Crippen LogP contribution >= 0.6 is 0 Å². The molecule has 6 rings (SSSR count). The Labute approximate surface area is 205 Å². The van der Waals surface area contributed by atoms with Gasteiger partial charge in [0.25, 0.3) is 11.8 Å². The third-order valence-electron chi connectivity index (χ3n) is 8.27. The van der Waals surface area contributed by atoms with Gasteiger partial charge in [0, 0.05) is 11.9 Å². The summed E-state index contributed by atoms with van der Waals surface area (Å²) in [5.41, 5.74) is 15.4. The summed E-state index contributed by atoms with van der Waals surface area (Å²) in [7, 11) is 0. The SMILES string of the molecule is NNC(=O)[C@H](CCCN=C(N)N)NC(=O)c1cc(C23CC4CC(CC(C4)C2)C3)c2ccccc2n1. The lowest BCUT2D eigenvalue weighted by Gasteiger charge is -2.57. The number of aliphatic imine (C=N–C) groups is 1. The average molecular weight is 478 g/mol. The molecule has 1 aromatic carbocycles. The molecule has 35 heavy (non-hydrogen) atoms. The molecule has 9 heteroatoms. The maximum atomic E-state index is 13.4. The minimum absolute atomic E-state index is 0.00793. The van der Waals surface area contributed by atoms with Crippen molar-refractivity contribution < 1.29 is 9.59 Å². The number of nitrogens with one attached hydrogen (secondary N) is 2. The van der Waals surface area contributed by atoms with Crippen molar-refractivity contribution in [2.24, 2.45) is 40.1 Å². The van der Waals surface area contributed by atoms with Crippen LogP contribution in [0.4, 0.5) is 0 Å². The van der Waals surface area contributed by atoms with E-state index in [1.165, 1.54) is 44.1 Å². The van der Waals surface area contributed by atoms with E-state index in [0.717, 1.165) is 28.7 Å². The summed E-state index contributed by atoms with van der Waals surface area (Å²) in [6.45, 7) is 0.358. The van der Waals surface area contributed by atoms with Crippen LogP contribution < -0.4 is 28.1 Å². The monoisotopic (exact) mass is 477 g/mol. The largest absolute Gasteiger partial charge is 0.370 e. The Morgan fingerprint density at radius 2 is 1.74 bits per heavy atom. The highest BCUT2D eigenvalue weighted by Gasteiger charge is 2.52. The van der Waals surface area contributed by atoms with Crippen molar-refractivity contribution in [2.75, 3.05) is 6.54 Å². The van der Waals surface area contributed by atoms with Crippen molar-refractivity contribution >= 4 is 28.7 Å². The first-order chi connectivity index (χ1) is 16.9. The second kappa shape index (κ2) is 9.45. The molecule has 4 bridgehead atoms. The molecule has 0 aliphatic heterocycles. The van der Waals surface area contributed by atoms with Gasteiger partial charge in [0.05, 0.1) is 5.52 Å². The lowest BCUT2D eigenvalue weighted by molar-refractivity contribution is -0.123. The third-order valence-corrected chi connectivity index (χ3v) is 8.27. The molecule has 4 saturated carbocycles. The predicted octanol–water partition coefficient (Wildman–Crippen LogP) is 1.84. The molecule has 186 valence electrons. The molecule has 0 unspecified atom stereocenters. The number of aromatic nitrogens is 1. The molecule has 0 saturated heterocycles. The van der Waals surface area contributed by atoms with E-state index < -0.39 is 11.9 Å². The number of para-hydroxylation sites is 1. The lowest BCUT2D eigenvalue weighted by atomic mass is 9.48. The van der Waals surface area contributed by atoms with Crippen molar-refractivity contribution in [3.8, 4) is 0 Å². The Morgan fingerprint density at radius 3 is 2.37 bits per heavy atom. The standard InChI is InChI=1S/C26H35N7O2/c27-25(28)30-7-3-6-21(24(35)33-29)32-23(34)22-11-19(18-4-1-2-5-20(18)31-22)26-12-15-8-16(13-26)10-17(9-15)14-26/h1-2,4-5,11,15-17,21H,3,6-10,12-14,29H2,(H,32,34)(H,33,35)(H4,27,28,30)/t15?,16?,17?,21-,26?/m0/s1. The number of hydrazine groups is 1. The number of nitrogens with two attached hydrogens (primary N) is 3. The first-order valence-corrected chi connectivity index (χ1v) is 12.6. The van der Waals surface area contributed by atoms with Crippen molar-refractivity contribution in [1.82, 2.24) is 15.7 Å². The molecule has 4 aliphatic rings. The molecule has 4 aliphatic carbocycles. The quantitative estimate of drug-likeness (QED) is 0.0973. The van der Waals surface area contributed by atoms with Crippen LogP contribution in [-0.4, -0.2) is 35.3 Å². The molecule has 0 spiro atoms. The first-order valence-electron chi connectivity index (χ1n) is 12.6. The Morgan fingerprint density at radius 1 is 1.09 bits per heavy atom. The zero-order valence-electron chi connectivity index (χ0n) is 20.0. The van der Waals surface area contributed by atoms with E-state index in [0.29, 0.717) is 25.1 Å². The predicted molar refractivity (Wildman–Crippen MR) is 135 cm³/mol. The van der Waals surface area contributed by atoms with Crippen molar-refractivity contribution in [2.45, 2.75) is 62.8 Å². The lowest BCUT2D eigenvalue weighted by Crippen LogP contribution is -2.49. The van der Waals surface area contributed by atoms with Crippen LogP contribution in [0.1, 0.15) is 67.4 Å². The second-order valence-electron chi connectivity index (χ2n) is 10.8. The Kier molecular flexibility index (Phi) is 6.35. The van der Waals surface area contributed by atoms with E-state index >= 15 is 0 Å². The zero-order chi connectivity index (χ0) is 24.6. The molecule has 4 fully saturated rings. The van der Waals surface area contributed by atoms with E-state index in [9.17, 15) is 9.59 Å². The summed E-state index contributed by atoms with van der Waals surface area (Å²) in [4.78, 5) is 34.4. The fourth-order valence-corrected chi connectivity index (χ4v) is 7.28. The minimum atomic E-state index is -0.807. The van der Waals surface area contributed by atoms with Gasteiger partial charge in [0.2, 0.25) is 0 Å². The van der Waals surface area contributed by atoms with Crippen LogP contribution in [0.2, 0.25) is 0 Å². The van der Waals surface area contributed by atoms with Crippen LogP contribution in [0, 0.1) is 17.8 Å². The number of carbonyl (C=O) groups is 2. The van der Waals surface area contributed by atoms with E-state index in [4.69, 9.17) is 22.3 Å². The van der Waals surface area contributed by atoms with Gasteiger partial charge in [-0.05, 0) is 92.2 Å². The van der Waals surface area contributed by atoms with Gasteiger partial charge in [0.1, 0.15) is 11.7 Å². The van der Waals surface area contributed by atoms with Gasteiger partial charge < -0.3 is 16.8 Å². The first kappa shape index (κ1) is 23.5. The molecular formula is C26H35N7O2. The van der Waals surface area contributed by atoms with Gasteiger partial charge >= 0.3 is 0 Å². The Hall–Kier alpha value is -3.20. The summed E-state index contributed by atoms with van der Waals surface area (Å²) in [5.74, 6) is 6.88. The smallest absolute Gasteiger partial charge is 0.270 e. The molecule has 0 radical (unpaired) electrons. The van der Waals surface area contributed by atoms with E-state index in [-0.39, 0.29) is 17.3 Å². The van der Waals surface area contributed by atoms with Gasteiger partial charge in [0.15, 0.2) is 5.96 Å². The second-order valence-corrected chi connectivity index (χ2v) is 10.8. The van der Waals surface area contributed by atoms with Crippen molar-refractivity contribution in [3.05, 3.63) is 41.6 Å². The molecule has 8 N–H and O–H groups in total. The number of pyridine rings is 1. The molecule has 2 aromatic rings. The molecule has 1 aromatic heterocycles. The average Bonchev–Trinajstić information content (AvgIpc) is 2.83. The Bertz CT molecular complexity index is 1120. The summed E-state index contributed by atoms with van der Waals surface area (Å²) in [5, 5.41) is 3.97. The number of nitrogens with zero attached hydrogens (tertiary/aromatic N) is 2. The summed E-state index contributed by atoms with van der Waals surface area (Å²) < 4.78 is 0. The summed E-state index contributed by atoms with van der Waals surface area (Å²) >= 11 is 0. The fourth-order valence-electron chi connectivity index (χ4n) is 7.28. The van der Waals surface area contributed by atoms with Crippen molar-refractivity contribution in [1.29, 1.82) is 0 Å². The number of hydrogen-bond donors (Lipinski definition) is 5. The minimum Gasteiger partial charge on any atom is -0.370 e. The number of fused-ring (bicyclic) bond motifs is 1. The summed E-state index contributed by atoms with van der Waals surface area (Å²) in [6, 6.07) is 9.28. The van der Waals surface area contributed by atoms with Gasteiger partial charge in [-0.3, -0.25) is 20.0 Å². The summed E-state index contributed by atoms with van der Waals surface area (Å²) in [6.07, 6.45) is 8.49. The van der Waals surface area contributed by atoms with Gasteiger partial charge in [-0.25, -0.2) is 10.8 Å². The Balaban J connectivity index is 1.44. The van der Waals surface area contributed by atoms with Gasteiger partial charge in [-0.15, -0.1) is 0 Å². The molecule has 2 amide bonds. The molecular weight excluding hydrogens is 442 g/mol. The third kappa shape index (κ3) is 4.69. The normalized spacial score (nSPS) is 27.4. The zero-order valence-corrected chi connectivity index (χ0v) is 20.0. The van der Waals surface area contributed by atoms with Crippen LogP contribution in [0.5, 0.6) is 0 Å². The topological polar surface area (TPSA) is 162 Å². The number of benzene rings is 1. The van der Waals surface area contributed by atoms with E-state index in [2.05, 4.69) is 21.8 Å². The maximum absolute atomic E-state index is 13.4. The molecule has 1 heterocycles.